The summed E-state index contributed by atoms with van der Waals surface area (Å²) in [5, 5.41) is 0. The van der Waals surface area contributed by atoms with Gasteiger partial charge in [0.25, 0.3) is 0 Å². The number of benzene rings is 1. The molecule has 0 fully saturated rings. The van der Waals surface area contributed by atoms with Gasteiger partial charge >= 0.3 is 0 Å². The number of hydrogen-bond acceptors (Lipinski definition) is 1. The summed E-state index contributed by atoms with van der Waals surface area (Å²) in [6.07, 6.45) is 1.17. The van der Waals surface area contributed by atoms with Crippen molar-refractivity contribution in [3.63, 3.8) is 0 Å². The van der Waals surface area contributed by atoms with Crippen molar-refractivity contribution in [1.82, 2.24) is 0 Å². The van der Waals surface area contributed by atoms with Crippen LogP contribution in [0.5, 0.6) is 0 Å². The van der Waals surface area contributed by atoms with Crippen molar-refractivity contribution < 1.29 is 9.18 Å². The molecular formula is C10H8ClFO. The minimum atomic E-state index is -0.804. The molecule has 0 aliphatic rings. The third-order valence-electron chi connectivity index (χ3n) is 1.48. The molecule has 0 N–H and O–H groups in total. The Balaban J connectivity index is 2.83. The van der Waals surface area contributed by atoms with Crippen LogP contribution in [0.15, 0.2) is 36.2 Å². The van der Waals surface area contributed by atoms with E-state index in [0.717, 1.165) is 0 Å². The van der Waals surface area contributed by atoms with Gasteiger partial charge in [0.15, 0.2) is 5.83 Å². The van der Waals surface area contributed by atoms with E-state index in [1.165, 1.54) is 6.08 Å². The molecule has 0 heterocycles. The highest BCUT2D eigenvalue weighted by atomic mass is 35.5. The van der Waals surface area contributed by atoms with E-state index in [-0.39, 0.29) is 5.88 Å². The van der Waals surface area contributed by atoms with Crippen LogP contribution < -0.4 is 0 Å². The van der Waals surface area contributed by atoms with Crippen LogP contribution >= 0.6 is 11.6 Å². The Morgan fingerprint density at radius 1 is 1.38 bits per heavy atom. The molecular weight excluding hydrogens is 191 g/mol. The van der Waals surface area contributed by atoms with Crippen LogP contribution in [0.3, 0.4) is 0 Å². The molecule has 0 atom stereocenters. The molecule has 0 radical (unpaired) electrons. The van der Waals surface area contributed by atoms with E-state index in [0.29, 0.717) is 5.56 Å². The fourth-order valence-corrected chi connectivity index (χ4v) is 0.968. The SMILES string of the molecule is O=C(CCl)/C(F)=C/c1ccccc1. The lowest BCUT2D eigenvalue weighted by Crippen LogP contribution is -1.98. The summed E-state index contributed by atoms with van der Waals surface area (Å²) in [7, 11) is 0. The van der Waals surface area contributed by atoms with Crippen molar-refractivity contribution in [2.24, 2.45) is 0 Å². The summed E-state index contributed by atoms with van der Waals surface area (Å²) in [6.45, 7) is 0. The van der Waals surface area contributed by atoms with Gasteiger partial charge in [-0.05, 0) is 11.6 Å². The number of carbonyl (C=O) groups is 1. The topological polar surface area (TPSA) is 17.1 Å². The quantitative estimate of drug-likeness (QED) is 0.539. The summed E-state index contributed by atoms with van der Waals surface area (Å²) < 4.78 is 12.9. The van der Waals surface area contributed by atoms with Crippen molar-refractivity contribution >= 4 is 23.5 Å². The molecule has 1 rings (SSSR count). The first-order valence-corrected chi connectivity index (χ1v) is 4.29. The number of rotatable bonds is 3. The number of ketones is 1. The van der Waals surface area contributed by atoms with Crippen LogP contribution in [0.4, 0.5) is 4.39 Å². The van der Waals surface area contributed by atoms with Gasteiger partial charge in [0.1, 0.15) is 0 Å². The second-order valence-electron chi connectivity index (χ2n) is 2.46. The van der Waals surface area contributed by atoms with E-state index in [9.17, 15) is 9.18 Å². The van der Waals surface area contributed by atoms with Gasteiger partial charge in [-0.1, -0.05) is 30.3 Å². The lowest BCUT2D eigenvalue weighted by atomic mass is 10.2. The van der Waals surface area contributed by atoms with Crippen LogP contribution in [0.25, 0.3) is 6.08 Å². The lowest BCUT2D eigenvalue weighted by Gasteiger charge is -1.93. The molecule has 1 aromatic rings. The fraction of sp³-hybridized carbons (Fsp3) is 0.100. The van der Waals surface area contributed by atoms with Gasteiger partial charge in [0, 0.05) is 0 Å². The van der Waals surface area contributed by atoms with Gasteiger partial charge in [-0.3, -0.25) is 4.79 Å². The summed E-state index contributed by atoms with van der Waals surface area (Å²) >= 11 is 5.18. The molecule has 0 saturated heterocycles. The summed E-state index contributed by atoms with van der Waals surface area (Å²) in [5.41, 5.74) is 0.651. The first kappa shape index (κ1) is 9.93. The van der Waals surface area contributed by atoms with Crippen molar-refractivity contribution in [3.8, 4) is 0 Å². The number of halogens is 2. The lowest BCUT2D eigenvalue weighted by molar-refractivity contribution is -0.114. The maximum absolute atomic E-state index is 12.9. The predicted octanol–water partition coefficient (Wildman–Crippen LogP) is 2.80. The fourth-order valence-electron chi connectivity index (χ4n) is 0.840. The highest BCUT2D eigenvalue weighted by Gasteiger charge is 2.05. The third-order valence-corrected chi connectivity index (χ3v) is 1.72. The van der Waals surface area contributed by atoms with Crippen molar-refractivity contribution in [3.05, 3.63) is 41.7 Å². The van der Waals surface area contributed by atoms with E-state index in [2.05, 4.69) is 0 Å². The van der Waals surface area contributed by atoms with Gasteiger partial charge in [-0.2, -0.15) is 0 Å². The third kappa shape index (κ3) is 2.99. The zero-order valence-corrected chi connectivity index (χ0v) is 7.59. The predicted molar refractivity (Wildman–Crippen MR) is 51.3 cm³/mol. The van der Waals surface area contributed by atoms with Gasteiger partial charge in [0.2, 0.25) is 5.78 Å². The molecule has 0 spiro atoms. The van der Waals surface area contributed by atoms with Gasteiger partial charge < -0.3 is 0 Å². The van der Waals surface area contributed by atoms with E-state index in [4.69, 9.17) is 11.6 Å². The zero-order chi connectivity index (χ0) is 9.68. The molecule has 1 nitrogen and oxygen atoms in total. The summed E-state index contributed by atoms with van der Waals surface area (Å²) in [5.74, 6) is -1.82. The zero-order valence-electron chi connectivity index (χ0n) is 6.84. The Kier molecular flexibility index (Phi) is 3.65. The largest absolute Gasteiger partial charge is 0.290 e. The highest BCUT2D eigenvalue weighted by molar-refractivity contribution is 6.30. The van der Waals surface area contributed by atoms with E-state index < -0.39 is 11.6 Å². The van der Waals surface area contributed by atoms with Crippen LogP contribution in [0, 0.1) is 0 Å². The first-order valence-electron chi connectivity index (χ1n) is 3.75. The molecule has 0 unspecified atom stereocenters. The maximum Gasteiger partial charge on any atom is 0.205 e. The van der Waals surface area contributed by atoms with E-state index in [1.54, 1.807) is 24.3 Å². The normalized spacial score (nSPS) is 11.4. The van der Waals surface area contributed by atoms with Crippen LogP contribution in [-0.2, 0) is 4.79 Å². The Morgan fingerprint density at radius 2 is 2.00 bits per heavy atom. The second-order valence-corrected chi connectivity index (χ2v) is 2.73. The number of allylic oxidation sites excluding steroid dienone is 1. The van der Waals surface area contributed by atoms with Crippen molar-refractivity contribution in [2.45, 2.75) is 0 Å². The summed E-state index contributed by atoms with van der Waals surface area (Å²) in [4.78, 5) is 10.7. The van der Waals surface area contributed by atoms with Crippen LogP contribution in [0.1, 0.15) is 5.56 Å². The van der Waals surface area contributed by atoms with E-state index in [1.807, 2.05) is 6.07 Å². The number of carbonyl (C=O) groups excluding carboxylic acids is 1. The van der Waals surface area contributed by atoms with Crippen LogP contribution in [0.2, 0.25) is 0 Å². The average molecular weight is 199 g/mol. The Bertz CT molecular complexity index is 319. The monoisotopic (exact) mass is 198 g/mol. The summed E-state index contributed by atoms with van der Waals surface area (Å²) in [6, 6.07) is 8.77. The molecule has 0 aromatic heterocycles. The number of hydrogen-bond donors (Lipinski definition) is 0. The van der Waals surface area contributed by atoms with Gasteiger partial charge in [-0.15, -0.1) is 11.6 Å². The van der Waals surface area contributed by atoms with Crippen molar-refractivity contribution in [2.75, 3.05) is 5.88 Å². The minimum absolute atomic E-state index is 0.324. The molecule has 3 heteroatoms. The Hall–Kier alpha value is -1.15. The maximum atomic E-state index is 12.9. The van der Waals surface area contributed by atoms with Gasteiger partial charge in [0.05, 0.1) is 5.88 Å². The average Bonchev–Trinajstić information content (AvgIpc) is 2.18. The Morgan fingerprint density at radius 3 is 2.54 bits per heavy atom. The molecule has 0 saturated carbocycles. The molecule has 68 valence electrons. The molecule has 13 heavy (non-hydrogen) atoms. The molecule has 0 aliphatic heterocycles. The molecule has 0 aliphatic carbocycles. The number of Topliss-reactive ketones (excluding diaryl/α,β-unsaturated/α-hetero) is 1. The van der Waals surface area contributed by atoms with Crippen molar-refractivity contribution in [1.29, 1.82) is 0 Å². The minimum Gasteiger partial charge on any atom is -0.290 e. The number of alkyl halides is 1. The van der Waals surface area contributed by atoms with E-state index >= 15 is 0 Å². The molecule has 0 amide bonds. The Labute approximate surface area is 80.8 Å². The molecule has 0 bridgehead atoms. The second kappa shape index (κ2) is 4.77. The smallest absolute Gasteiger partial charge is 0.205 e. The standard InChI is InChI=1S/C10H8ClFO/c11-7-10(13)9(12)6-8-4-2-1-3-5-8/h1-6H,7H2/b9-6-. The first-order chi connectivity index (χ1) is 6.24. The van der Waals surface area contributed by atoms with Gasteiger partial charge in [-0.25, -0.2) is 4.39 Å². The highest BCUT2D eigenvalue weighted by Crippen LogP contribution is 2.08. The molecule has 1 aromatic carbocycles. The van der Waals surface area contributed by atoms with Crippen LogP contribution in [-0.4, -0.2) is 11.7 Å².